The van der Waals surface area contributed by atoms with E-state index in [2.05, 4.69) is 12.1 Å². The second-order valence-electron chi connectivity index (χ2n) is 4.82. The number of carbonyl (C=O) groups excluding carboxylic acids is 1. The Balaban J connectivity index is 3.09. The smallest absolute Gasteiger partial charge is 0.305 e. The van der Waals surface area contributed by atoms with Crippen LogP contribution >= 0.6 is 11.3 Å². The monoisotopic (exact) mass is 290 g/mol. The molecule has 20 heavy (non-hydrogen) atoms. The van der Waals surface area contributed by atoms with Gasteiger partial charge in [-0.2, -0.15) is 10.5 Å². The van der Waals surface area contributed by atoms with Crippen molar-refractivity contribution in [1.29, 1.82) is 10.5 Å². The van der Waals surface area contributed by atoms with Crippen LogP contribution in [0.5, 0.6) is 0 Å². The molecule has 4 nitrogen and oxygen atoms in total. The highest BCUT2D eigenvalue weighted by atomic mass is 32.1. The molecule has 1 aromatic heterocycles. The molecule has 106 valence electrons. The zero-order chi connectivity index (χ0) is 15.2. The Kier molecular flexibility index (Phi) is 5.73. The molecule has 1 heterocycles. The van der Waals surface area contributed by atoms with E-state index >= 15 is 0 Å². The number of nitriles is 2. The van der Waals surface area contributed by atoms with E-state index < -0.39 is 5.41 Å². The lowest BCUT2D eigenvalue weighted by molar-refractivity contribution is -0.143. The minimum Gasteiger partial charge on any atom is -0.466 e. The number of ether oxygens (including phenoxy) is 1. The molecular formula is C15H18N2O2S. The summed E-state index contributed by atoms with van der Waals surface area (Å²) < 4.78 is 4.93. The first-order chi connectivity index (χ1) is 9.51. The Morgan fingerprint density at radius 1 is 1.50 bits per heavy atom. The fourth-order valence-electron chi connectivity index (χ4n) is 2.18. The molecule has 5 heteroatoms. The van der Waals surface area contributed by atoms with Crippen LogP contribution in [-0.4, -0.2) is 12.6 Å². The van der Waals surface area contributed by atoms with Crippen LogP contribution in [0.4, 0.5) is 0 Å². The third kappa shape index (κ3) is 3.18. The quantitative estimate of drug-likeness (QED) is 0.753. The minimum absolute atomic E-state index is 0.00711. The minimum atomic E-state index is -0.814. The van der Waals surface area contributed by atoms with Crippen molar-refractivity contribution in [1.82, 2.24) is 0 Å². The van der Waals surface area contributed by atoms with Crippen LogP contribution in [-0.2, 0) is 14.9 Å². The van der Waals surface area contributed by atoms with Crippen molar-refractivity contribution in [3.05, 3.63) is 21.9 Å². The van der Waals surface area contributed by atoms with Gasteiger partial charge >= 0.3 is 5.97 Å². The number of rotatable bonds is 6. The van der Waals surface area contributed by atoms with Gasteiger partial charge in [0.25, 0.3) is 0 Å². The first kappa shape index (κ1) is 16.2. The van der Waals surface area contributed by atoms with Crippen molar-refractivity contribution < 1.29 is 9.53 Å². The number of thiophene rings is 1. The molecule has 0 fully saturated rings. The molecule has 1 atom stereocenters. The van der Waals surface area contributed by atoms with E-state index in [4.69, 9.17) is 10.00 Å². The average Bonchev–Trinajstić information content (AvgIpc) is 2.89. The highest BCUT2D eigenvalue weighted by Crippen LogP contribution is 2.41. The average molecular weight is 290 g/mol. The Hall–Kier alpha value is -1.85. The maximum Gasteiger partial charge on any atom is 0.305 e. The fourth-order valence-corrected chi connectivity index (χ4v) is 3.35. The lowest BCUT2D eigenvalue weighted by Gasteiger charge is -2.29. The van der Waals surface area contributed by atoms with Gasteiger partial charge in [-0.15, -0.1) is 11.3 Å². The number of esters is 1. The lowest BCUT2D eigenvalue weighted by atomic mass is 9.72. The van der Waals surface area contributed by atoms with Crippen molar-refractivity contribution in [2.45, 2.75) is 39.0 Å². The lowest BCUT2D eigenvalue weighted by Crippen LogP contribution is -2.31. The summed E-state index contributed by atoms with van der Waals surface area (Å²) in [6.07, 6.45) is 0.553. The summed E-state index contributed by atoms with van der Waals surface area (Å²) in [5.74, 6) is -0.296. The first-order valence-electron chi connectivity index (χ1n) is 6.56. The van der Waals surface area contributed by atoms with Gasteiger partial charge in [0, 0.05) is 11.3 Å². The summed E-state index contributed by atoms with van der Waals surface area (Å²) in [5, 5.41) is 20.7. The third-order valence-electron chi connectivity index (χ3n) is 3.40. The molecule has 0 spiro atoms. The van der Waals surface area contributed by atoms with Crippen LogP contribution in [0.3, 0.4) is 0 Å². The van der Waals surface area contributed by atoms with Gasteiger partial charge in [0.05, 0.1) is 23.7 Å². The molecule has 0 aromatic carbocycles. The molecule has 1 rings (SSSR count). The van der Waals surface area contributed by atoms with Crippen molar-refractivity contribution in [3.63, 3.8) is 0 Å². The summed E-state index contributed by atoms with van der Waals surface area (Å²) in [5.41, 5.74) is -0.291. The molecule has 0 saturated carbocycles. The maximum atomic E-state index is 11.6. The molecule has 0 amide bonds. The molecule has 0 aliphatic carbocycles. The van der Waals surface area contributed by atoms with E-state index in [1.54, 1.807) is 13.0 Å². The summed E-state index contributed by atoms with van der Waals surface area (Å²) in [6, 6.07) is 6.19. The van der Waals surface area contributed by atoms with Crippen molar-refractivity contribution in [2.24, 2.45) is 5.92 Å². The summed E-state index contributed by atoms with van der Waals surface area (Å²) in [7, 11) is 0. The zero-order valence-corrected chi connectivity index (χ0v) is 12.8. The number of hydrogen-bond donors (Lipinski definition) is 0. The molecule has 0 radical (unpaired) electrons. The normalized spacial score (nSPS) is 13.3. The number of hydrogen-bond acceptors (Lipinski definition) is 5. The first-order valence-corrected chi connectivity index (χ1v) is 7.44. The maximum absolute atomic E-state index is 11.6. The van der Waals surface area contributed by atoms with E-state index in [0.717, 1.165) is 4.88 Å². The summed E-state index contributed by atoms with van der Waals surface area (Å²) in [4.78, 5) is 12.3. The van der Waals surface area contributed by atoms with E-state index in [1.807, 2.05) is 19.2 Å². The molecule has 1 unspecified atom stereocenters. The molecule has 0 aliphatic heterocycles. The standard InChI is InChI=1S/C15H18N2O2S/c1-4-19-13(18)5-7-15(10-17,11(2)3)14-12(9-16)6-8-20-14/h6,8,11H,4-5,7H2,1-3H3. The SMILES string of the molecule is CCOC(=O)CCC(C#N)(c1sccc1C#N)C(C)C. The van der Waals surface area contributed by atoms with E-state index in [-0.39, 0.29) is 18.3 Å². The van der Waals surface area contributed by atoms with Crippen LogP contribution in [0.1, 0.15) is 44.1 Å². The predicted octanol–water partition coefficient (Wildman–Crippen LogP) is 3.38. The Morgan fingerprint density at radius 2 is 2.20 bits per heavy atom. The highest BCUT2D eigenvalue weighted by Gasteiger charge is 2.39. The highest BCUT2D eigenvalue weighted by molar-refractivity contribution is 7.10. The van der Waals surface area contributed by atoms with Crippen LogP contribution in [0.2, 0.25) is 0 Å². The van der Waals surface area contributed by atoms with Crippen molar-refractivity contribution >= 4 is 17.3 Å². The van der Waals surface area contributed by atoms with Crippen molar-refractivity contribution in [3.8, 4) is 12.1 Å². The van der Waals surface area contributed by atoms with E-state index in [9.17, 15) is 10.1 Å². The van der Waals surface area contributed by atoms with Gasteiger partial charge in [0.15, 0.2) is 0 Å². The molecular weight excluding hydrogens is 272 g/mol. The Bertz CT molecular complexity index is 551. The van der Waals surface area contributed by atoms with Gasteiger partial charge in [-0.05, 0) is 30.7 Å². The molecule has 0 bridgehead atoms. The Labute approximate surface area is 123 Å². The van der Waals surface area contributed by atoms with E-state index in [1.165, 1.54) is 11.3 Å². The second kappa shape index (κ2) is 7.07. The van der Waals surface area contributed by atoms with Crippen LogP contribution in [0, 0.1) is 28.6 Å². The van der Waals surface area contributed by atoms with Gasteiger partial charge in [-0.25, -0.2) is 0 Å². The summed E-state index contributed by atoms with van der Waals surface area (Å²) >= 11 is 1.40. The van der Waals surface area contributed by atoms with Crippen LogP contribution in [0.15, 0.2) is 11.4 Å². The van der Waals surface area contributed by atoms with Gasteiger partial charge in [0.2, 0.25) is 0 Å². The summed E-state index contributed by atoms with van der Waals surface area (Å²) in [6.45, 7) is 5.97. The second-order valence-corrected chi connectivity index (χ2v) is 5.73. The topological polar surface area (TPSA) is 73.9 Å². The predicted molar refractivity (Wildman–Crippen MR) is 77.0 cm³/mol. The molecule has 0 aliphatic rings. The zero-order valence-electron chi connectivity index (χ0n) is 12.0. The third-order valence-corrected chi connectivity index (χ3v) is 4.50. The number of nitrogens with zero attached hydrogens (tertiary/aromatic N) is 2. The van der Waals surface area contributed by atoms with Gasteiger partial charge < -0.3 is 4.74 Å². The fraction of sp³-hybridized carbons (Fsp3) is 0.533. The van der Waals surface area contributed by atoms with Crippen LogP contribution < -0.4 is 0 Å². The van der Waals surface area contributed by atoms with Gasteiger partial charge in [0.1, 0.15) is 6.07 Å². The molecule has 0 saturated heterocycles. The molecule has 0 N–H and O–H groups in total. The van der Waals surface area contributed by atoms with Gasteiger partial charge in [-0.3, -0.25) is 4.79 Å². The number of carbonyl (C=O) groups is 1. The van der Waals surface area contributed by atoms with Crippen LogP contribution in [0.25, 0.3) is 0 Å². The largest absolute Gasteiger partial charge is 0.466 e. The van der Waals surface area contributed by atoms with Gasteiger partial charge in [-0.1, -0.05) is 13.8 Å². The molecule has 1 aromatic rings. The van der Waals surface area contributed by atoms with E-state index in [0.29, 0.717) is 18.6 Å². The van der Waals surface area contributed by atoms with Crippen molar-refractivity contribution in [2.75, 3.05) is 6.61 Å². The Morgan fingerprint density at radius 3 is 2.70 bits per heavy atom.